The summed E-state index contributed by atoms with van der Waals surface area (Å²) < 4.78 is 66.4. The molecule has 0 saturated carbocycles. The van der Waals surface area contributed by atoms with Crippen LogP contribution in [-0.2, 0) is 24.8 Å². The van der Waals surface area contributed by atoms with Gasteiger partial charge in [-0.15, -0.1) is 0 Å². The molecule has 34 heavy (non-hydrogen) atoms. The fraction of sp³-hybridized carbons (Fsp3) is 0.190. The van der Waals surface area contributed by atoms with Crippen LogP contribution in [0.4, 0.5) is 21.7 Å². The van der Waals surface area contributed by atoms with Gasteiger partial charge in [-0.25, -0.2) is 35.9 Å². The molecular weight excluding hydrogens is 485 g/mol. The van der Waals surface area contributed by atoms with E-state index in [9.17, 15) is 26.0 Å². The third kappa shape index (κ3) is 6.05. The van der Waals surface area contributed by atoms with Crippen LogP contribution in [0.1, 0.15) is 13.3 Å². The Bertz CT molecular complexity index is 1350. The minimum Gasteiger partial charge on any atom is -0.324 e. The van der Waals surface area contributed by atoms with Gasteiger partial charge in [0.15, 0.2) is 0 Å². The summed E-state index contributed by atoms with van der Waals surface area (Å²) in [6.07, 6.45) is 3.86. The Morgan fingerprint density at radius 1 is 1.00 bits per heavy atom. The molecule has 13 heteroatoms. The van der Waals surface area contributed by atoms with E-state index in [1.807, 2.05) is 0 Å². The third-order valence-electron chi connectivity index (χ3n) is 4.63. The summed E-state index contributed by atoms with van der Waals surface area (Å²) in [5.41, 5.74) is 0.396. The Labute approximate surface area is 197 Å². The molecule has 2 aromatic carbocycles. The molecular formula is C21H22FN5O5S2. The number of rotatable bonds is 9. The Morgan fingerprint density at radius 2 is 1.59 bits per heavy atom. The number of benzene rings is 2. The molecule has 1 aromatic heterocycles. The van der Waals surface area contributed by atoms with E-state index < -0.39 is 37.8 Å². The number of hydrogen-bond acceptors (Lipinski definition) is 7. The highest BCUT2D eigenvalue weighted by atomic mass is 32.2. The van der Waals surface area contributed by atoms with Crippen LogP contribution < -0.4 is 14.3 Å². The van der Waals surface area contributed by atoms with Gasteiger partial charge in [0.2, 0.25) is 21.9 Å². The van der Waals surface area contributed by atoms with Crippen LogP contribution in [-0.4, -0.2) is 45.0 Å². The van der Waals surface area contributed by atoms with Gasteiger partial charge in [0.05, 0.1) is 16.8 Å². The highest BCUT2D eigenvalue weighted by molar-refractivity contribution is 7.92. The van der Waals surface area contributed by atoms with Crippen molar-refractivity contribution in [3.05, 3.63) is 72.8 Å². The fourth-order valence-electron chi connectivity index (χ4n) is 3.12. The molecule has 3 aromatic rings. The van der Waals surface area contributed by atoms with Crippen molar-refractivity contribution in [2.24, 2.45) is 0 Å². The Kier molecular flexibility index (Phi) is 7.47. The van der Waals surface area contributed by atoms with E-state index in [1.54, 1.807) is 13.0 Å². The number of nitrogens with zero attached hydrogens (tertiary/aromatic N) is 3. The van der Waals surface area contributed by atoms with Gasteiger partial charge in [-0.1, -0.05) is 6.92 Å². The number of nitrogens with one attached hydrogen (secondary N) is 2. The fourth-order valence-corrected chi connectivity index (χ4v) is 5.29. The van der Waals surface area contributed by atoms with E-state index in [0.29, 0.717) is 0 Å². The number of anilines is 3. The lowest BCUT2D eigenvalue weighted by atomic mass is 10.2. The first kappa shape index (κ1) is 25.1. The SMILES string of the molecule is CC[C@H](C(=O)Nc1ccc(S(=O)(=O)Nc2ncccn2)cc1)N(c1ccc(F)cc1)S(C)(=O)=O. The van der Waals surface area contributed by atoms with Crippen LogP contribution in [0, 0.1) is 5.82 Å². The lowest BCUT2D eigenvalue weighted by molar-refractivity contribution is -0.117. The summed E-state index contributed by atoms with van der Waals surface area (Å²) in [6, 6.07) is 10.5. The molecule has 0 aliphatic carbocycles. The maximum absolute atomic E-state index is 13.3. The number of sulfonamides is 2. The maximum Gasteiger partial charge on any atom is 0.264 e. The number of aromatic nitrogens is 2. The van der Waals surface area contributed by atoms with Crippen molar-refractivity contribution in [1.82, 2.24) is 9.97 Å². The first-order valence-electron chi connectivity index (χ1n) is 9.97. The highest BCUT2D eigenvalue weighted by Gasteiger charge is 2.31. The molecule has 0 unspecified atom stereocenters. The second-order valence-electron chi connectivity index (χ2n) is 7.15. The van der Waals surface area contributed by atoms with Gasteiger partial charge in [0, 0.05) is 18.1 Å². The molecule has 2 N–H and O–H groups in total. The van der Waals surface area contributed by atoms with Crippen LogP contribution in [0.25, 0.3) is 0 Å². The number of carbonyl (C=O) groups excluding carboxylic acids is 1. The number of halogens is 1. The summed E-state index contributed by atoms with van der Waals surface area (Å²) >= 11 is 0. The minimum atomic E-state index is -3.96. The molecule has 3 rings (SSSR count). The Balaban J connectivity index is 1.79. The van der Waals surface area contributed by atoms with Crippen molar-refractivity contribution in [2.75, 3.05) is 20.6 Å². The van der Waals surface area contributed by atoms with E-state index in [4.69, 9.17) is 0 Å². The summed E-state index contributed by atoms with van der Waals surface area (Å²) in [4.78, 5) is 20.5. The molecule has 0 aliphatic heterocycles. The standard InChI is InChI=1S/C21H22FN5O5S2/c1-3-19(27(33(2,29)30)17-9-5-15(22)6-10-17)20(28)25-16-7-11-18(12-8-16)34(31,32)26-21-23-13-4-14-24-21/h4-14,19H,3H2,1-2H3,(H,25,28)(H,23,24,26)/t19-/m1/s1. The van der Waals surface area contributed by atoms with Crippen LogP contribution in [0.3, 0.4) is 0 Å². The van der Waals surface area contributed by atoms with Crippen molar-refractivity contribution in [3.8, 4) is 0 Å². The summed E-state index contributed by atoms with van der Waals surface area (Å²) in [5.74, 6) is -1.27. The second-order valence-corrected chi connectivity index (χ2v) is 10.7. The van der Waals surface area contributed by atoms with E-state index in [2.05, 4.69) is 20.0 Å². The quantitative estimate of drug-likeness (QED) is 0.454. The molecule has 1 amide bonds. The predicted molar refractivity (Wildman–Crippen MR) is 126 cm³/mol. The predicted octanol–water partition coefficient (Wildman–Crippen LogP) is 2.60. The van der Waals surface area contributed by atoms with Crippen molar-refractivity contribution in [1.29, 1.82) is 0 Å². The van der Waals surface area contributed by atoms with Gasteiger partial charge in [0.1, 0.15) is 11.9 Å². The van der Waals surface area contributed by atoms with Gasteiger partial charge in [-0.05, 0) is 61.0 Å². The summed E-state index contributed by atoms with van der Waals surface area (Å²) in [5, 5.41) is 2.60. The van der Waals surface area contributed by atoms with E-state index >= 15 is 0 Å². The van der Waals surface area contributed by atoms with E-state index in [1.165, 1.54) is 48.8 Å². The molecule has 1 atom stereocenters. The smallest absolute Gasteiger partial charge is 0.264 e. The lowest BCUT2D eigenvalue weighted by Crippen LogP contribution is -2.47. The van der Waals surface area contributed by atoms with Gasteiger partial charge in [0.25, 0.3) is 10.0 Å². The first-order valence-corrected chi connectivity index (χ1v) is 13.3. The first-order chi connectivity index (χ1) is 16.0. The largest absolute Gasteiger partial charge is 0.324 e. The average Bonchev–Trinajstić information content (AvgIpc) is 2.78. The van der Waals surface area contributed by atoms with Crippen molar-refractivity contribution < 1.29 is 26.0 Å². The summed E-state index contributed by atoms with van der Waals surface area (Å²) in [6.45, 7) is 1.64. The van der Waals surface area contributed by atoms with Gasteiger partial charge < -0.3 is 5.32 Å². The molecule has 10 nitrogen and oxygen atoms in total. The highest BCUT2D eigenvalue weighted by Crippen LogP contribution is 2.24. The zero-order chi connectivity index (χ0) is 24.9. The van der Waals surface area contributed by atoms with Crippen LogP contribution in [0.2, 0.25) is 0 Å². The molecule has 180 valence electrons. The molecule has 1 heterocycles. The number of carbonyl (C=O) groups is 1. The maximum atomic E-state index is 13.3. The topological polar surface area (TPSA) is 138 Å². The normalized spacial score (nSPS) is 12.6. The van der Waals surface area contributed by atoms with Gasteiger partial charge in [-0.3, -0.25) is 9.10 Å². The number of hydrogen-bond donors (Lipinski definition) is 2. The average molecular weight is 508 g/mol. The Morgan fingerprint density at radius 3 is 2.12 bits per heavy atom. The third-order valence-corrected chi connectivity index (χ3v) is 7.16. The monoisotopic (exact) mass is 507 g/mol. The van der Waals surface area contributed by atoms with Crippen LogP contribution in [0.5, 0.6) is 0 Å². The molecule has 0 fully saturated rings. The molecule has 0 bridgehead atoms. The van der Waals surface area contributed by atoms with Gasteiger partial charge in [-0.2, -0.15) is 0 Å². The Hall–Kier alpha value is -3.58. The molecule has 0 spiro atoms. The van der Waals surface area contributed by atoms with E-state index in [-0.39, 0.29) is 28.6 Å². The molecule has 0 aliphatic rings. The van der Waals surface area contributed by atoms with E-state index in [0.717, 1.165) is 22.7 Å². The van der Waals surface area contributed by atoms with Crippen molar-refractivity contribution in [2.45, 2.75) is 24.3 Å². The second kappa shape index (κ2) is 10.1. The zero-order valence-electron chi connectivity index (χ0n) is 18.2. The number of amides is 1. The van der Waals surface area contributed by atoms with Crippen LogP contribution >= 0.6 is 0 Å². The van der Waals surface area contributed by atoms with Crippen molar-refractivity contribution >= 4 is 43.3 Å². The molecule has 0 radical (unpaired) electrons. The summed E-state index contributed by atoms with van der Waals surface area (Å²) in [7, 11) is -7.84. The van der Waals surface area contributed by atoms with Crippen LogP contribution in [0.15, 0.2) is 71.9 Å². The molecule has 0 saturated heterocycles. The minimum absolute atomic E-state index is 0.0888. The zero-order valence-corrected chi connectivity index (χ0v) is 19.8. The van der Waals surface area contributed by atoms with Gasteiger partial charge >= 0.3 is 0 Å². The lowest BCUT2D eigenvalue weighted by Gasteiger charge is -2.30. The van der Waals surface area contributed by atoms with Crippen molar-refractivity contribution in [3.63, 3.8) is 0 Å².